The topological polar surface area (TPSA) is 123 Å². The van der Waals surface area contributed by atoms with Gasteiger partial charge in [-0.1, -0.05) is 29.8 Å². The second-order valence-corrected chi connectivity index (χ2v) is 8.51. The minimum absolute atomic E-state index is 0.0227. The number of nitrogen functional groups attached to an aromatic ring is 1. The number of halogens is 1. The molecule has 2 heterocycles. The standard InChI is InChI=1S/C24H25ClN6O3/c1-15-5-2-3-7-19(15)27-24-29-20(28-23(26)30-24)14-34-22(33)17-6-4-12-31(13-17)21(32)16-8-10-18(25)11-9-16/h2-3,5,7-11,17H,4,6,12-14H2,1H3,(H3,26,27,28,29,30)/t17-/m0/s1. The molecular formula is C24H25ClN6O3. The first-order chi connectivity index (χ1) is 16.4. The Kier molecular flexibility index (Phi) is 7.22. The summed E-state index contributed by atoms with van der Waals surface area (Å²) in [6.07, 6.45) is 1.35. The highest BCUT2D eigenvalue weighted by Gasteiger charge is 2.30. The molecule has 1 saturated heterocycles. The Labute approximate surface area is 202 Å². The van der Waals surface area contributed by atoms with E-state index in [9.17, 15) is 9.59 Å². The van der Waals surface area contributed by atoms with Crippen LogP contribution in [0.1, 0.15) is 34.6 Å². The first-order valence-corrected chi connectivity index (χ1v) is 11.3. The highest BCUT2D eigenvalue weighted by molar-refractivity contribution is 6.30. The maximum atomic E-state index is 12.8. The van der Waals surface area contributed by atoms with E-state index in [-0.39, 0.29) is 30.2 Å². The van der Waals surface area contributed by atoms with Crippen LogP contribution in [0.2, 0.25) is 5.02 Å². The molecule has 0 unspecified atom stereocenters. The molecule has 0 spiro atoms. The number of carbonyl (C=O) groups is 2. The Hall–Kier alpha value is -3.72. The Morgan fingerprint density at radius 1 is 1.15 bits per heavy atom. The third-order valence-electron chi connectivity index (χ3n) is 5.57. The molecule has 34 heavy (non-hydrogen) atoms. The van der Waals surface area contributed by atoms with Gasteiger partial charge in [0.2, 0.25) is 11.9 Å². The molecule has 1 amide bonds. The molecular weight excluding hydrogens is 456 g/mol. The zero-order valence-electron chi connectivity index (χ0n) is 18.7. The van der Waals surface area contributed by atoms with Crippen molar-refractivity contribution in [2.45, 2.75) is 26.4 Å². The number of para-hydroxylation sites is 1. The first-order valence-electron chi connectivity index (χ1n) is 10.9. The SMILES string of the molecule is Cc1ccccc1Nc1nc(N)nc(COC(=O)[C@H]2CCCN(C(=O)c3ccc(Cl)cc3)C2)n1. The van der Waals surface area contributed by atoms with Gasteiger partial charge in [0.05, 0.1) is 5.92 Å². The lowest BCUT2D eigenvalue weighted by atomic mass is 9.97. The predicted octanol–water partition coefficient (Wildman–Crippen LogP) is 3.75. The molecule has 0 bridgehead atoms. The average Bonchev–Trinajstić information content (AvgIpc) is 2.84. The van der Waals surface area contributed by atoms with Crippen molar-refractivity contribution in [3.05, 3.63) is 70.5 Å². The van der Waals surface area contributed by atoms with Gasteiger partial charge < -0.3 is 20.7 Å². The van der Waals surface area contributed by atoms with Gasteiger partial charge in [-0.05, 0) is 55.7 Å². The largest absolute Gasteiger partial charge is 0.457 e. The number of carbonyl (C=O) groups excluding carboxylic acids is 2. The van der Waals surface area contributed by atoms with E-state index in [1.54, 1.807) is 29.2 Å². The number of nitrogens with one attached hydrogen (secondary N) is 1. The number of nitrogens with two attached hydrogens (primary N) is 1. The fourth-order valence-electron chi connectivity index (χ4n) is 3.77. The van der Waals surface area contributed by atoms with E-state index in [2.05, 4.69) is 20.3 Å². The van der Waals surface area contributed by atoms with E-state index in [0.717, 1.165) is 11.3 Å². The van der Waals surface area contributed by atoms with E-state index < -0.39 is 11.9 Å². The van der Waals surface area contributed by atoms with Crippen LogP contribution < -0.4 is 11.1 Å². The molecule has 0 aliphatic carbocycles. The summed E-state index contributed by atoms with van der Waals surface area (Å²) in [6, 6.07) is 14.4. The Balaban J connectivity index is 1.36. The van der Waals surface area contributed by atoms with Crippen molar-refractivity contribution < 1.29 is 14.3 Å². The van der Waals surface area contributed by atoms with Crippen molar-refractivity contribution in [1.82, 2.24) is 19.9 Å². The predicted molar refractivity (Wildman–Crippen MR) is 129 cm³/mol. The fraction of sp³-hybridized carbons (Fsp3) is 0.292. The molecule has 3 aromatic rings. The molecule has 4 rings (SSSR count). The second-order valence-electron chi connectivity index (χ2n) is 8.08. The first kappa shape index (κ1) is 23.4. The number of amides is 1. The van der Waals surface area contributed by atoms with Gasteiger partial charge in [0.1, 0.15) is 0 Å². The maximum Gasteiger partial charge on any atom is 0.311 e. The summed E-state index contributed by atoms with van der Waals surface area (Å²) >= 11 is 5.91. The smallest absolute Gasteiger partial charge is 0.311 e. The van der Waals surface area contributed by atoms with Crippen LogP contribution in [0.25, 0.3) is 0 Å². The van der Waals surface area contributed by atoms with Crippen molar-refractivity contribution in [3.8, 4) is 0 Å². The van der Waals surface area contributed by atoms with Crippen LogP contribution in [-0.2, 0) is 16.1 Å². The van der Waals surface area contributed by atoms with Gasteiger partial charge >= 0.3 is 5.97 Å². The number of anilines is 3. The molecule has 0 saturated carbocycles. The quantitative estimate of drug-likeness (QED) is 0.511. The van der Waals surface area contributed by atoms with Crippen LogP contribution in [0.3, 0.4) is 0 Å². The lowest BCUT2D eigenvalue weighted by Gasteiger charge is -2.31. The van der Waals surface area contributed by atoms with Gasteiger partial charge in [-0.3, -0.25) is 9.59 Å². The molecule has 1 aliphatic rings. The lowest BCUT2D eigenvalue weighted by molar-refractivity contribution is -0.151. The molecule has 2 aromatic carbocycles. The van der Waals surface area contributed by atoms with Crippen LogP contribution in [0.4, 0.5) is 17.6 Å². The number of benzene rings is 2. The number of aromatic nitrogens is 3. The molecule has 3 N–H and O–H groups in total. The molecule has 176 valence electrons. The molecule has 1 atom stereocenters. The fourth-order valence-corrected chi connectivity index (χ4v) is 3.90. The minimum Gasteiger partial charge on any atom is -0.457 e. The number of hydrogen-bond acceptors (Lipinski definition) is 8. The molecule has 1 fully saturated rings. The Morgan fingerprint density at radius 3 is 2.68 bits per heavy atom. The van der Waals surface area contributed by atoms with Crippen LogP contribution >= 0.6 is 11.6 Å². The zero-order valence-corrected chi connectivity index (χ0v) is 19.5. The summed E-state index contributed by atoms with van der Waals surface area (Å²) in [5.41, 5.74) is 8.21. The van der Waals surface area contributed by atoms with Crippen LogP contribution in [0, 0.1) is 12.8 Å². The number of aryl methyl sites for hydroxylation is 1. The van der Waals surface area contributed by atoms with Crippen LogP contribution in [0.5, 0.6) is 0 Å². The Morgan fingerprint density at radius 2 is 1.91 bits per heavy atom. The van der Waals surface area contributed by atoms with Crippen LogP contribution in [-0.4, -0.2) is 44.8 Å². The summed E-state index contributed by atoms with van der Waals surface area (Å²) in [5, 5.41) is 3.67. The number of piperidine rings is 1. The highest BCUT2D eigenvalue weighted by Crippen LogP contribution is 2.22. The number of rotatable bonds is 6. The van der Waals surface area contributed by atoms with E-state index in [1.807, 2.05) is 31.2 Å². The third kappa shape index (κ3) is 5.79. The molecule has 10 heteroatoms. The van der Waals surface area contributed by atoms with Gasteiger partial charge in [0.25, 0.3) is 5.91 Å². The number of likely N-dealkylation sites (tertiary alicyclic amines) is 1. The van der Waals surface area contributed by atoms with Gasteiger partial charge in [0, 0.05) is 29.4 Å². The zero-order chi connectivity index (χ0) is 24.1. The summed E-state index contributed by atoms with van der Waals surface area (Å²) in [4.78, 5) is 39.7. The number of ether oxygens (including phenoxy) is 1. The van der Waals surface area contributed by atoms with Crippen molar-refractivity contribution in [2.24, 2.45) is 5.92 Å². The summed E-state index contributed by atoms with van der Waals surface area (Å²) in [7, 11) is 0. The van der Waals surface area contributed by atoms with E-state index in [4.69, 9.17) is 22.1 Å². The molecule has 1 aliphatic heterocycles. The maximum absolute atomic E-state index is 12.8. The Bertz CT molecular complexity index is 1190. The lowest BCUT2D eigenvalue weighted by Crippen LogP contribution is -2.42. The van der Waals surface area contributed by atoms with Gasteiger partial charge in [-0.25, -0.2) is 0 Å². The summed E-state index contributed by atoms with van der Waals surface area (Å²) in [5.74, 6) is -0.428. The normalized spacial score (nSPS) is 15.6. The average molecular weight is 481 g/mol. The van der Waals surface area contributed by atoms with Crippen molar-refractivity contribution in [2.75, 3.05) is 24.1 Å². The monoisotopic (exact) mass is 480 g/mol. The van der Waals surface area contributed by atoms with Crippen molar-refractivity contribution in [3.63, 3.8) is 0 Å². The van der Waals surface area contributed by atoms with E-state index in [1.165, 1.54) is 0 Å². The summed E-state index contributed by atoms with van der Waals surface area (Å²) < 4.78 is 5.47. The van der Waals surface area contributed by atoms with Gasteiger partial charge in [-0.15, -0.1) is 0 Å². The molecule has 1 aromatic heterocycles. The number of nitrogens with zero attached hydrogens (tertiary/aromatic N) is 4. The van der Waals surface area contributed by atoms with Gasteiger partial charge in [0.15, 0.2) is 12.4 Å². The van der Waals surface area contributed by atoms with E-state index >= 15 is 0 Å². The van der Waals surface area contributed by atoms with Crippen LogP contribution in [0.15, 0.2) is 48.5 Å². The highest BCUT2D eigenvalue weighted by atomic mass is 35.5. The van der Waals surface area contributed by atoms with Gasteiger partial charge in [-0.2, -0.15) is 15.0 Å². The number of esters is 1. The molecule has 0 radical (unpaired) electrons. The summed E-state index contributed by atoms with van der Waals surface area (Å²) in [6.45, 7) is 2.69. The minimum atomic E-state index is -0.422. The molecule has 9 nitrogen and oxygen atoms in total. The number of hydrogen-bond donors (Lipinski definition) is 2. The third-order valence-corrected chi connectivity index (χ3v) is 5.82. The van der Waals surface area contributed by atoms with Crippen molar-refractivity contribution >= 4 is 41.1 Å². The second kappa shape index (κ2) is 10.5. The van der Waals surface area contributed by atoms with E-state index in [0.29, 0.717) is 36.5 Å². The van der Waals surface area contributed by atoms with Crippen molar-refractivity contribution in [1.29, 1.82) is 0 Å².